The van der Waals surface area contributed by atoms with Crippen molar-refractivity contribution in [2.45, 2.75) is 46.5 Å². The first-order valence-electron chi connectivity index (χ1n) is 5.54. The Hall–Kier alpha value is -1.14. The van der Waals surface area contributed by atoms with Gasteiger partial charge in [-0.05, 0) is 0 Å². The fourth-order valence-electron chi connectivity index (χ4n) is 2.13. The molecule has 0 aromatic carbocycles. The van der Waals surface area contributed by atoms with Crippen LogP contribution in [0.25, 0.3) is 0 Å². The van der Waals surface area contributed by atoms with E-state index in [1.54, 1.807) is 0 Å². The molecule has 0 bridgehead atoms. The monoisotopic (exact) mass is 461 g/mol. The topological polar surface area (TPSA) is 57.2 Å². The van der Waals surface area contributed by atoms with Crippen LogP contribution in [0.2, 0.25) is 0 Å². The minimum atomic E-state index is -8.63. The quantitative estimate of drug-likeness (QED) is 0.466. The van der Waals surface area contributed by atoms with Crippen LogP contribution >= 0.6 is 0 Å². The molecule has 0 saturated heterocycles. The number of alkyl halides is 15. The molecule has 0 heterocycles. The summed E-state index contributed by atoms with van der Waals surface area (Å²) < 4.78 is 227. The first kappa shape index (κ1) is 23.9. The molecule has 162 valence electrons. The van der Waals surface area contributed by atoms with Crippen LogP contribution in [0.3, 0.4) is 0 Å². The van der Waals surface area contributed by atoms with E-state index in [1.807, 2.05) is 0 Å². The van der Waals surface area contributed by atoms with Gasteiger partial charge in [0.2, 0.25) is 0 Å². The van der Waals surface area contributed by atoms with E-state index in [2.05, 4.69) is 0 Å². The first-order valence-corrected chi connectivity index (χ1v) is 6.95. The van der Waals surface area contributed by atoms with Crippen molar-refractivity contribution in [1.29, 1.82) is 0 Å². The van der Waals surface area contributed by atoms with Crippen LogP contribution < -0.4 is 0 Å². The second-order valence-electron chi connectivity index (χ2n) is 5.08. The van der Waals surface area contributed by atoms with Crippen LogP contribution in [0, 0.1) is 0 Å². The van der Waals surface area contributed by atoms with E-state index in [9.17, 15) is 78.8 Å². The second kappa shape index (κ2) is 5.07. The largest absolute Gasteiger partial charge is 0.745 e. The summed E-state index contributed by atoms with van der Waals surface area (Å²) >= 11 is 0. The van der Waals surface area contributed by atoms with Crippen LogP contribution in [0.1, 0.15) is 0 Å². The van der Waals surface area contributed by atoms with Crippen molar-refractivity contribution in [3.8, 4) is 0 Å². The highest BCUT2D eigenvalue weighted by Gasteiger charge is 3.07. The molecule has 1 rings (SSSR count). The molecule has 0 spiro atoms. The van der Waals surface area contributed by atoms with Crippen LogP contribution in [-0.4, -0.2) is 59.4 Å². The highest BCUT2D eigenvalue weighted by Crippen LogP contribution is 2.74. The Morgan fingerprint density at radius 1 is 0.593 bits per heavy atom. The molecule has 19 heteroatoms. The lowest BCUT2D eigenvalue weighted by Gasteiger charge is -2.56. The van der Waals surface area contributed by atoms with Gasteiger partial charge in [-0.3, -0.25) is 0 Å². The maximum atomic E-state index is 13.7. The molecule has 27 heavy (non-hydrogen) atoms. The van der Waals surface area contributed by atoms with Crippen LogP contribution in [0.15, 0.2) is 0 Å². The number of hydrogen-bond acceptors (Lipinski definition) is 3. The van der Waals surface area contributed by atoms with Crippen molar-refractivity contribution < 1.29 is 78.8 Å². The fraction of sp³-hybridized carbons (Fsp3) is 1.00. The van der Waals surface area contributed by atoms with Gasteiger partial charge in [0.05, 0.1) is 0 Å². The van der Waals surface area contributed by atoms with Gasteiger partial charge in [-0.2, -0.15) is 57.1 Å². The predicted molar refractivity (Wildman–Crippen MR) is 48.2 cm³/mol. The van der Waals surface area contributed by atoms with Gasteiger partial charge in [0.15, 0.2) is 0 Å². The van der Waals surface area contributed by atoms with E-state index in [1.165, 1.54) is 0 Å². The van der Waals surface area contributed by atoms with Gasteiger partial charge >= 0.3 is 46.5 Å². The normalized spacial score (nSPS) is 35.7. The van der Waals surface area contributed by atoms with Crippen molar-refractivity contribution in [2.75, 3.05) is 0 Å². The molecular formula is C8F15O3S-. The van der Waals surface area contributed by atoms with E-state index in [4.69, 9.17) is 0 Å². The smallest absolute Gasteiger partial charge is 0.457 e. The summed E-state index contributed by atoms with van der Waals surface area (Å²) in [6.45, 7) is 0. The summed E-state index contributed by atoms with van der Waals surface area (Å²) in [6.07, 6.45) is -7.96. The van der Waals surface area contributed by atoms with Gasteiger partial charge in [0.25, 0.3) is 0 Å². The summed E-state index contributed by atoms with van der Waals surface area (Å²) in [6, 6.07) is 0. The van der Waals surface area contributed by atoms with Crippen molar-refractivity contribution in [2.24, 2.45) is 0 Å². The molecule has 0 atom stereocenters. The zero-order chi connectivity index (χ0) is 22.5. The molecule has 1 aliphatic rings. The lowest BCUT2D eigenvalue weighted by Crippen LogP contribution is -2.90. The molecular weight excluding hydrogens is 461 g/mol. The molecule has 1 fully saturated rings. The average molecular weight is 461 g/mol. The van der Waals surface area contributed by atoms with Gasteiger partial charge in [0.1, 0.15) is 10.1 Å². The number of halogens is 15. The summed E-state index contributed by atoms with van der Waals surface area (Å²) in [5.74, 6) is -42.1. The van der Waals surface area contributed by atoms with E-state index in [-0.39, 0.29) is 0 Å². The third kappa shape index (κ3) is 2.04. The molecule has 3 nitrogen and oxygen atoms in total. The molecule has 0 amide bonds. The highest BCUT2D eigenvalue weighted by molar-refractivity contribution is 7.87. The maximum Gasteiger partial charge on any atom is 0.457 e. The van der Waals surface area contributed by atoms with Crippen molar-refractivity contribution in [3.63, 3.8) is 0 Å². The maximum absolute atomic E-state index is 13.7. The molecule has 0 aromatic heterocycles. The van der Waals surface area contributed by atoms with Gasteiger partial charge < -0.3 is 4.55 Å². The van der Waals surface area contributed by atoms with Crippen molar-refractivity contribution in [3.05, 3.63) is 0 Å². The third-order valence-corrected chi connectivity index (χ3v) is 4.80. The lowest BCUT2D eigenvalue weighted by molar-refractivity contribution is -0.493. The highest BCUT2D eigenvalue weighted by atomic mass is 32.2. The van der Waals surface area contributed by atoms with Crippen LogP contribution in [-0.2, 0) is 10.1 Å². The zero-order valence-corrected chi connectivity index (χ0v) is 12.1. The number of hydrogen-bond donors (Lipinski definition) is 0. The Bertz CT molecular complexity index is 707. The van der Waals surface area contributed by atoms with E-state index in [0.29, 0.717) is 0 Å². The summed E-state index contributed by atoms with van der Waals surface area (Å²) in [5, 5.41) is -8.02. The molecule has 0 N–H and O–H groups in total. The Morgan fingerprint density at radius 2 is 0.852 bits per heavy atom. The summed E-state index contributed by atoms with van der Waals surface area (Å²) in [5.41, 5.74) is -8.63. The third-order valence-electron chi connectivity index (χ3n) is 3.59. The van der Waals surface area contributed by atoms with Gasteiger partial charge in [-0.25, -0.2) is 17.2 Å². The Kier molecular flexibility index (Phi) is 4.48. The first-order chi connectivity index (χ1) is 11.2. The summed E-state index contributed by atoms with van der Waals surface area (Å²) in [7, 11) is -8.38. The molecule has 1 saturated carbocycles. The van der Waals surface area contributed by atoms with Crippen molar-refractivity contribution >= 4 is 10.1 Å². The predicted octanol–water partition coefficient (Wildman–Crippen LogP) is 3.66. The van der Waals surface area contributed by atoms with E-state index in [0.717, 1.165) is 0 Å². The average Bonchev–Trinajstić information content (AvgIpc) is 2.40. The minimum Gasteiger partial charge on any atom is -0.745 e. The molecule has 0 unspecified atom stereocenters. The van der Waals surface area contributed by atoms with Crippen LogP contribution in [0.5, 0.6) is 0 Å². The standard InChI is InChI=1S/C8HF15O3S/c9-1(4(14,15)8(21,22)23)2(10,11)5(16,17)7(20,27(24,25)26)6(18,19)3(1,12)13/h(H,24,25,26)/p-1. The Balaban J connectivity index is 4.26. The minimum absolute atomic E-state index is 7.96. The molecule has 0 radical (unpaired) electrons. The molecule has 0 aliphatic heterocycles. The lowest BCUT2D eigenvalue weighted by atomic mass is 9.69. The molecule has 1 aliphatic carbocycles. The fourth-order valence-corrected chi connectivity index (χ4v) is 3.02. The Labute approximate surface area is 136 Å². The van der Waals surface area contributed by atoms with Crippen molar-refractivity contribution in [1.82, 2.24) is 0 Å². The second-order valence-corrected chi connectivity index (χ2v) is 6.55. The zero-order valence-electron chi connectivity index (χ0n) is 11.3. The van der Waals surface area contributed by atoms with Gasteiger partial charge in [-0.1, -0.05) is 0 Å². The Morgan fingerprint density at radius 3 is 1.04 bits per heavy atom. The SMILES string of the molecule is O=S(=O)([O-])C1(F)C(F)(F)C(F)(F)C(F)(C(F)(F)C(F)(F)F)C(F)(F)C1(F)F. The molecule has 0 aromatic rings. The number of rotatable bonds is 2. The van der Waals surface area contributed by atoms with Crippen LogP contribution in [0.4, 0.5) is 65.9 Å². The van der Waals surface area contributed by atoms with E-state index >= 15 is 0 Å². The van der Waals surface area contributed by atoms with Gasteiger partial charge in [-0.15, -0.1) is 0 Å². The van der Waals surface area contributed by atoms with Gasteiger partial charge in [0, 0.05) is 0 Å². The summed E-state index contributed by atoms with van der Waals surface area (Å²) in [4.78, 5) is 0. The van der Waals surface area contributed by atoms with E-state index < -0.39 is 56.6 Å².